The van der Waals surface area contributed by atoms with Crippen LogP contribution in [0.25, 0.3) is 0 Å². The van der Waals surface area contributed by atoms with Crippen LogP contribution in [-0.2, 0) is 14.3 Å². The van der Waals surface area contributed by atoms with Crippen molar-refractivity contribution in [2.24, 2.45) is 0 Å². The Labute approximate surface area is 101 Å². The zero-order valence-electron chi connectivity index (χ0n) is 10.2. The predicted octanol–water partition coefficient (Wildman–Crippen LogP) is -0.267. The van der Waals surface area contributed by atoms with Gasteiger partial charge >= 0.3 is 5.97 Å². The molecule has 17 heavy (non-hydrogen) atoms. The summed E-state index contributed by atoms with van der Waals surface area (Å²) >= 11 is 0. The van der Waals surface area contributed by atoms with Crippen molar-refractivity contribution >= 4 is 11.9 Å². The van der Waals surface area contributed by atoms with Crippen LogP contribution < -0.4 is 10.6 Å². The summed E-state index contributed by atoms with van der Waals surface area (Å²) < 4.78 is 5.30. The third kappa shape index (κ3) is 4.32. The Morgan fingerprint density at radius 3 is 2.71 bits per heavy atom. The third-order valence-electron chi connectivity index (χ3n) is 3.02. The van der Waals surface area contributed by atoms with Gasteiger partial charge in [-0.2, -0.15) is 0 Å². The number of carboxylic acids is 1. The van der Waals surface area contributed by atoms with Gasteiger partial charge in [0.2, 0.25) is 5.91 Å². The molecule has 3 atom stereocenters. The van der Waals surface area contributed by atoms with E-state index >= 15 is 0 Å². The lowest BCUT2D eigenvalue weighted by atomic mass is 10.2. The van der Waals surface area contributed by atoms with Crippen LogP contribution in [-0.4, -0.2) is 48.8 Å². The first kappa shape index (κ1) is 13.9. The molecule has 1 aliphatic rings. The van der Waals surface area contributed by atoms with Crippen LogP contribution in [0.2, 0.25) is 0 Å². The lowest BCUT2D eigenvalue weighted by molar-refractivity contribution is -0.141. The molecule has 0 aromatic rings. The smallest absolute Gasteiger partial charge is 0.327 e. The molecule has 3 unspecified atom stereocenters. The molecular weight excluding hydrogens is 224 g/mol. The van der Waals surface area contributed by atoms with Gasteiger partial charge in [-0.05, 0) is 19.3 Å². The summed E-state index contributed by atoms with van der Waals surface area (Å²) in [5.41, 5.74) is 0. The van der Waals surface area contributed by atoms with E-state index in [0.29, 0.717) is 0 Å². The minimum atomic E-state index is -1.03. The molecule has 0 heterocycles. The van der Waals surface area contributed by atoms with Crippen LogP contribution >= 0.6 is 0 Å². The number of amides is 1. The SMILES string of the molecule is COC1CCCC1NCC(NC(C)=O)C(=O)O. The normalized spacial score (nSPS) is 25.5. The number of carbonyl (C=O) groups excluding carboxylic acids is 1. The Balaban J connectivity index is 2.40. The molecule has 1 amide bonds. The lowest BCUT2D eigenvalue weighted by Crippen LogP contribution is -2.50. The maximum atomic E-state index is 10.9. The number of nitrogens with one attached hydrogen (secondary N) is 2. The number of aliphatic carboxylic acids is 1. The Bertz CT molecular complexity index is 283. The van der Waals surface area contributed by atoms with E-state index in [1.807, 2.05) is 0 Å². The minimum Gasteiger partial charge on any atom is -0.480 e. The molecule has 0 saturated heterocycles. The average molecular weight is 244 g/mol. The highest BCUT2D eigenvalue weighted by Crippen LogP contribution is 2.21. The van der Waals surface area contributed by atoms with Crippen molar-refractivity contribution in [1.29, 1.82) is 0 Å². The minimum absolute atomic E-state index is 0.141. The van der Waals surface area contributed by atoms with E-state index in [2.05, 4.69) is 10.6 Å². The molecule has 1 aliphatic carbocycles. The second kappa shape index (κ2) is 6.56. The lowest BCUT2D eigenvalue weighted by Gasteiger charge is -2.22. The van der Waals surface area contributed by atoms with Gasteiger partial charge in [-0.1, -0.05) is 0 Å². The van der Waals surface area contributed by atoms with Gasteiger partial charge in [-0.3, -0.25) is 4.79 Å². The van der Waals surface area contributed by atoms with Gasteiger partial charge in [0.1, 0.15) is 6.04 Å². The predicted molar refractivity (Wildman–Crippen MR) is 61.7 cm³/mol. The van der Waals surface area contributed by atoms with Gasteiger partial charge in [0.05, 0.1) is 6.10 Å². The van der Waals surface area contributed by atoms with E-state index in [9.17, 15) is 9.59 Å². The first-order chi connectivity index (χ1) is 8.04. The van der Waals surface area contributed by atoms with E-state index in [1.54, 1.807) is 7.11 Å². The Morgan fingerprint density at radius 1 is 1.47 bits per heavy atom. The molecule has 1 fully saturated rings. The van der Waals surface area contributed by atoms with E-state index in [4.69, 9.17) is 9.84 Å². The highest BCUT2D eigenvalue weighted by atomic mass is 16.5. The van der Waals surface area contributed by atoms with Gasteiger partial charge in [0.15, 0.2) is 0 Å². The molecule has 0 spiro atoms. The van der Waals surface area contributed by atoms with Crippen LogP contribution in [0.1, 0.15) is 26.2 Å². The third-order valence-corrected chi connectivity index (χ3v) is 3.02. The van der Waals surface area contributed by atoms with Crippen LogP contribution in [0.4, 0.5) is 0 Å². The quantitative estimate of drug-likeness (QED) is 0.599. The van der Waals surface area contributed by atoms with Gasteiger partial charge < -0.3 is 20.5 Å². The maximum Gasteiger partial charge on any atom is 0.327 e. The molecule has 0 aromatic heterocycles. The zero-order chi connectivity index (χ0) is 12.8. The van der Waals surface area contributed by atoms with E-state index in [-0.39, 0.29) is 24.6 Å². The largest absolute Gasteiger partial charge is 0.480 e. The standard InChI is InChI=1S/C11H20N2O4/c1-7(14)13-9(11(15)16)6-12-8-4-3-5-10(8)17-2/h8-10,12H,3-6H2,1-2H3,(H,13,14)(H,15,16). The fraction of sp³-hybridized carbons (Fsp3) is 0.818. The van der Waals surface area contributed by atoms with Gasteiger partial charge in [-0.15, -0.1) is 0 Å². The highest BCUT2D eigenvalue weighted by molar-refractivity contribution is 5.82. The fourth-order valence-electron chi connectivity index (χ4n) is 2.16. The summed E-state index contributed by atoms with van der Waals surface area (Å²) in [6, 6.07) is -0.707. The van der Waals surface area contributed by atoms with Gasteiger partial charge in [0.25, 0.3) is 0 Å². The van der Waals surface area contributed by atoms with E-state index in [1.165, 1.54) is 6.92 Å². The second-order valence-corrected chi connectivity index (χ2v) is 4.31. The number of carboxylic acid groups (broad SMARTS) is 1. The van der Waals surface area contributed by atoms with Crippen molar-refractivity contribution in [3.05, 3.63) is 0 Å². The molecule has 3 N–H and O–H groups in total. The van der Waals surface area contributed by atoms with Crippen LogP contribution in [0.15, 0.2) is 0 Å². The maximum absolute atomic E-state index is 10.9. The fourth-order valence-corrected chi connectivity index (χ4v) is 2.16. The molecule has 0 radical (unpaired) electrons. The van der Waals surface area contributed by atoms with Crippen LogP contribution in [0, 0.1) is 0 Å². The van der Waals surface area contributed by atoms with Crippen molar-refractivity contribution in [2.75, 3.05) is 13.7 Å². The Kier molecular flexibility index (Phi) is 5.37. The molecule has 1 rings (SSSR count). The second-order valence-electron chi connectivity index (χ2n) is 4.31. The monoisotopic (exact) mass is 244 g/mol. The number of methoxy groups -OCH3 is 1. The summed E-state index contributed by atoms with van der Waals surface area (Å²) in [4.78, 5) is 21.8. The van der Waals surface area contributed by atoms with Crippen molar-refractivity contribution < 1.29 is 19.4 Å². The van der Waals surface area contributed by atoms with Crippen molar-refractivity contribution in [1.82, 2.24) is 10.6 Å². The molecule has 6 nitrogen and oxygen atoms in total. The first-order valence-corrected chi connectivity index (χ1v) is 5.80. The Morgan fingerprint density at radius 2 is 2.18 bits per heavy atom. The number of hydrogen-bond acceptors (Lipinski definition) is 4. The summed E-state index contributed by atoms with van der Waals surface area (Å²) in [6.45, 7) is 1.53. The van der Waals surface area contributed by atoms with E-state index < -0.39 is 12.0 Å². The van der Waals surface area contributed by atoms with Crippen molar-refractivity contribution in [2.45, 2.75) is 44.4 Å². The van der Waals surface area contributed by atoms with Crippen molar-refractivity contribution in [3.63, 3.8) is 0 Å². The van der Waals surface area contributed by atoms with Crippen LogP contribution in [0.5, 0.6) is 0 Å². The highest BCUT2D eigenvalue weighted by Gasteiger charge is 2.28. The van der Waals surface area contributed by atoms with Crippen LogP contribution in [0.3, 0.4) is 0 Å². The molecule has 6 heteroatoms. The summed E-state index contributed by atoms with van der Waals surface area (Å²) in [7, 11) is 1.66. The number of carbonyl (C=O) groups is 2. The van der Waals surface area contributed by atoms with Gasteiger partial charge in [-0.25, -0.2) is 4.79 Å². The number of ether oxygens (including phenoxy) is 1. The average Bonchev–Trinajstić information content (AvgIpc) is 2.70. The Hall–Kier alpha value is -1.14. The molecule has 1 saturated carbocycles. The first-order valence-electron chi connectivity index (χ1n) is 5.80. The van der Waals surface area contributed by atoms with E-state index in [0.717, 1.165) is 19.3 Å². The summed E-state index contributed by atoms with van der Waals surface area (Å²) in [6.07, 6.45) is 3.19. The molecule has 0 aliphatic heterocycles. The van der Waals surface area contributed by atoms with Crippen molar-refractivity contribution in [3.8, 4) is 0 Å². The topological polar surface area (TPSA) is 87.7 Å². The summed E-state index contributed by atoms with van der Waals surface area (Å²) in [5.74, 6) is -1.37. The summed E-state index contributed by atoms with van der Waals surface area (Å²) in [5, 5.41) is 14.5. The molecule has 0 aromatic carbocycles. The molecular formula is C11H20N2O4. The van der Waals surface area contributed by atoms with Gasteiger partial charge in [0, 0.05) is 26.6 Å². The number of hydrogen-bond donors (Lipinski definition) is 3. The molecule has 0 bridgehead atoms. The molecule has 98 valence electrons. The zero-order valence-corrected chi connectivity index (χ0v) is 10.2. The number of rotatable bonds is 6.